The Bertz CT molecular complexity index is 416. The Hall–Kier alpha value is -1.42. The van der Waals surface area contributed by atoms with Crippen LogP contribution in [0.15, 0.2) is 18.2 Å². The highest BCUT2D eigenvalue weighted by Crippen LogP contribution is 2.15. The summed E-state index contributed by atoms with van der Waals surface area (Å²) < 4.78 is 13.3. The molecule has 0 aliphatic heterocycles. The number of hydrogen-bond acceptors (Lipinski definition) is 2. The SMILES string of the molecule is CCNC(C)(C)C(=O)Nc1ccc(C)c(F)c1. The lowest BCUT2D eigenvalue weighted by atomic mass is 10.0. The number of nitrogens with one attached hydrogen (secondary N) is 2. The molecule has 0 aliphatic rings. The van der Waals surface area contributed by atoms with E-state index in [0.717, 1.165) is 0 Å². The van der Waals surface area contributed by atoms with Crippen LogP contribution in [0.1, 0.15) is 26.3 Å². The summed E-state index contributed by atoms with van der Waals surface area (Å²) >= 11 is 0. The molecular weight excluding hydrogens is 219 g/mol. The van der Waals surface area contributed by atoms with Crippen LogP contribution in [0.2, 0.25) is 0 Å². The van der Waals surface area contributed by atoms with Crippen LogP contribution >= 0.6 is 0 Å². The molecule has 3 nitrogen and oxygen atoms in total. The maximum Gasteiger partial charge on any atom is 0.244 e. The van der Waals surface area contributed by atoms with Gasteiger partial charge in [0.15, 0.2) is 0 Å². The third-order valence-electron chi connectivity index (χ3n) is 2.62. The van der Waals surface area contributed by atoms with Gasteiger partial charge < -0.3 is 10.6 Å². The van der Waals surface area contributed by atoms with Crippen molar-refractivity contribution in [2.45, 2.75) is 33.2 Å². The van der Waals surface area contributed by atoms with E-state index in [1.165, 1.54) is 6.07 Å². The fraction of sp³-hybridized carbons (Fsp3) is 0.462. The maximum atomic E-state index is 13.3. The molecule has 1 aromatic rings. The van der Waals surface area contributed by atoms with Crippen LogP contribution in [-0.4, -0.2) is 18.0 Å². The quantitative estimate of drug-likeness (QED) is 0.846. The highest BCUT2D eigenvalue weighted by molar-refractivity contribution is 5.97. The molecule has 0 radical (unpaired) electrons. The van der Waals surface area contributed by atoms with E-state index in [4.69, 9.17) is 0 Å². The number of hydrogen-bond donors (Lipinski definition) is 2. The molecule has 2 N–H and O–H groups in total. The van der Waals surface area contributed by atoms with E-state index in [0.29, 0.717) is 17.8 Å². The van der Waals surface area contributed by atoms with Gasteiger partial charge in [-0.25, -0.2) is 4.39 Å². The summed E-state index contributed by atoms with van der Waals surface area (Å²) in [7, 11) is 0. The van der Waals surface area contributed by atoms with Crippen LogP contribution in [0.3, 0.4) is 0 Å². The van der Waals surface area contributed by atoms with Crippen molar-refractivity contribution in [1.29, 1.82) is 0 Å². The van der Waals surface area contributed by atoms with Crippen molar-refractivity contribution in [3.05, 3.63) is 29.6 Å². The van der Waals surface area contributed by atoms with Crippen LogP contribution in [-0.2, 0) is 4.79 Å². The van der Waals surface area contributed by atoms with Gasteiger partial charge >= 0.3 is 0 Å². The highest BCUT2D eigenvalue weighted by Gasteiger charge is 2.26. The first-order valence-corrected chi connectivity index (χ1v) is 5.69. The van der Waals surface area contributed by atoms with Crippen LogP contribution in [0.25, 0.3) is 0 Å². The lowest BCUT2D eigenvalue weighted by Gasteiger charge is -2.24. The maximum absolute atomic E-state index is 13.3. The van der Waals surface area contributed by atoms with Gasteiger partial charge in [-0.1, -0.05) is 13.0 Å². The van der Waals surface area contributed by atoms with Crippen molar-refractivity contribution in [3.8, 4) is 0 Å². The van der Waals surface area contributed by atoms with Gasteiger partial charge in [-0.3, -0.25) is 4.79 Å². The summed E-state index contributed by atoms with van der Waals surface area (Å²) in [4.78, 5) is 11.9. The van der Waals surface area contributed by atoms with Gasteiger partial charge in [-0.05, 0) is 45.0 Å². The summed E-state index contributed by atoms with van der Waals surface area (Å²) in [6, 6.07) is 4.67. The van der Waals surface area contributed by atoms with Crippen molar-refractivity contribution >= 4 is 11.6 Å². The first-order valence-electron chi connectivity index (χ1n) is 5.69. The summed E-state index contributed by atoms with van der Waals surface area (Å²) in [6.07, 6.45) is 0. The molecule has 0 spiro atoms. The van der Waals surface area contributed by atoms with Crippen molar-refractivity contribution in [1.82, 2.24) is 5.32 Å². The van der Waals surface area contributed by atoms with Gasteiger partial charge in [-0.2, -0.15) is 0 Å². The third-order valence-corrected chi connectivity index (χ3v) is 2.62. The van der Waals surface area contributed by atoms with E-state index in [-0.39, 0.29) is 11.7 Å². The standard InChI is InChI=1S/C13H19FN2O/c1-5-15-13(3,4)12(17)16-10-7-6-9(2)11(14)8-10/h6-8,15H,5H2,1-4H3,(H,16,17). The fourth-order valence-corrected chi connectivity index (χ4v) is 1.48. The fourth-order valence-electron chi connectivity index (χ4n) is 1.48. The van der Waals surface area contributed by atoms with Crippen LogP contribution in [0.5, 0.6) is 0 Å². The number of benzene rings is 1. The van der Waals surface area contributed by atoms with Gasteiger partial charge in [0.1, 0.15) is 5.82 Å². The summed E-state index contributed by atoms with van der Waals surface area (Å²) in [5, 5.41) is 5.76. The van der Waals surface area contributed by atoms with Crippen molar-refractivity contribution in [2.24, 2.45) is 0 Å². The number of halogens is 1. The predicted octanol–water partition coefficient (Wildman–Crippen LogP) is 2.46. The highest BCUT2D eigenvalue weighted by atomic mass is 19.1. The molecule has 0 fully saturated rings. The van der Waals surface area contributed by atoms with Crippen LogP contribution in [0, 0.1) is 12.7 Å². The molecule has 17 heavy (non-hydrogen) atoms. The molecule has 94 valence electrons. The Morgan fingerprint density at radius 2 is 2.06 bits per heavy atom. The number of anilines is 1. The molecular formula is C13H19FN2O. The van der Waals surface area contributed by atoms with E-state index in [1.54, 1.807) is 32.9 Å². The number of rotatable bonds is 4. The second-order valence-electron chi connectivity index (χ2n) is 4.57. The lowest BCUT2D eigenvalue weighted by molar-refractivity contribution is -0.121. The number of likely N-dealkylation sites (N-methyl/N-ethyl adjacent to an activating group) is 1. The average Bonchev–Trinajstić information content (AvgIpc) is 2.23. The van der Waals surface area contributed by atoms with E-state index < -0.39 is 5.54 Å². The monoisotopic (exact) mass is 238 g/mol. The van der Waals surface area contributed by atoms with Crippen LogP contribution in [0.4, 0.5) is 10.1 Å². The van der Waals surface area contributed by atoms with Gasteiger partial charge in [0.05, 0.1) is 5.54 Å². The smallest absolute Gasteiger partial charge is 0.244 e. The molecule has 4 heteroatoms. The van der Waals surface area contributed by atoms with E-state index in [2.05, 4.69) is 10.6 Å². The molecule has 0 saturated carbocycles. The zero-order chi connectivity index (χ0) is 13.1. The molecule has 0 bridgehead atoms. The number of amides is 1. The number of carbonyl (C=O) groups is 1. The van der Waals surface area contributed by atoms with Gasteiger partial charge in [0, 0.05) is 5.69 Å². The molecule has 0 aliphatic carbocycles. The second kappa shape index (κ2) is 5.27. The van der Waals surface area contributed by atoms with Crippen molar-refractivity contribution in [2.75, 3.05) is 11.9 Å². The van der Waals surface area contributed by atoms with Gasteiger partial charge in [0.2, 0.25) is 5.91 Å². The molecule has 0 unspecified atom stereocenters. The minimum Gasteiger partial charge on any atom is -0.324 e. The molecule has 0 heterocycles. The molecule has 1 rings (SSSR count). The number of carbonyl (C=O) groups excluding carboxylic acids is 1. The Balaban J connectivity index is 2.77. The average molecular weight is 238 g/mol. The van der Waals surface area contributed by atoms with E-state index in [9.17, 15) is 9.18 Å². The Labute approximate surface area is 101 Å². The van der Waals surface area contributed by atoms with E-state index in [1.807, 2.05) is 6.92 Å². The lowest BCUT2D eigenvalue weighted by Crippen LogP contribution is -2.49. The Morgan fingerprint density at radius 1 is 1.41 bits per heavy atom. The van der Waals surface area contributed by atoms with E-state index >= 15 is 0 Å². The van der Waals surface area contributed by atoms with Gasteiger partial charge in [0.25, 0.3) is 0 Å². The van der Waals surface area contributed by atoms with Crippen LogP contribution < -0.4 is 10.6 Å². The molecule has 1 amide bonds. The minimum atomic E-state index is -0.671. The van der Waals surface area contributed by atoms with Crippen molar-refractivity contribution < 1.29 is 9.18 Å². The molecule has 0 atom stereocenters. The summed E-state index contributed by atoms with van der Waals surface area (Å²) in [6.45, 7) is 7.89. The Morgan fingerprint density at radius 3 is 2.59 bits per heavy atom. The largest absolute Gasteiger partial charge is 0.324 e. The number of aryl methyl sites for hydroxylation is 1. The second-order valence-corrected chi connectivity index (χ2v) is 4.57. The summed E-state index contributed by atoms with van der Waals surface area (Å²) in [5.74, 6) is -0.494. The molecule has 0 aromatic heterocycles. The minimum absolute atomic E-state index is 0.178. The first-order chi connectivity index (χ1) is 7.86. The van der Waals surface area contributed by atoms with Crippen molar-refractivity contribution in [3.63, 3.8) is 0 Å². The van der Waals surface area contributed by atoms with Gasteiger partial charge in [-0.15, -0.1) is 0 Å². The predicted molar refractivity (Wildman–Crippen MR) is 67.5 cm³/mol. The zero-order valence-corrected chi connectivity index (χ0v) is 10.7. The Kier molecular flexibility index (Phi) is 4.23. The molecule has 1 aromatic carbocycles. The first kappa shape index (κ1) is 13.6. The summed E-state index contributed by atoms with van der Waals surface area (Å²) in [5.41, 5.74) is 0.369. The zero-order valence-electron chi connectivity index (χ0n) is 10.7. The third kappa shape index (κ3) is 3.53. The normalized spacial score (nSPS) is 11.4. The topological polar surface area (TPSA) is 41.1 Å². The molecule has 0 saturated heterocycles.